The minimum atomic E-state index is -0.358. The maximum Gasteiger partial charge on any atom is 0.306 e. The normalized spacial score (nSPS) is 11.7. The summed E-state index contributed by atoms with van der Waals surface area (Å²) in [5.74, 6) is -0.552. The number of hydrogen-bond donors (Lipinski definition) is 1. The molecule has 4 nitrogen and oxygen atoms in total. The van der Waals surface area contributed by atoms with Gasteiger partial charge in [-0.05, 0) is 25.5 Å². The van der Waals surface area contributed by atoms with Crippen LogP contribution in [0.4, 0.5) is 0 Å². The standard InChI is InChI=1S/C14H18ClNO3/c1-3-19-14(18)9-8-13(17)16-10(2)11-6-4-5-7-12(11)15/h4-7,10H,3,8-9H2,1-2H3,(H,16,17). The summed E-state index contributed by atoms with van der Waals surface area (Å²) in [5.41, 5.74) is 0.855. The lowest BCUT2D eigenvalue weighted by Gasteiger charge is -2.15. The summed E-state index contributed by atoms with van der Waals surface area (Å²) in [6, 6.07) is 7.14. The highest BCUT2D eigenvalue weighted by Gasteiger charge is 2.13. The number of benzene rings is 1. The van der Waals surface area contributed by atoms with Crippen LogP contribution in [0.25, 0.3) is 0 Å². The van der Waals surface area contributed by atoms with Crippen LogP contribution in [0.15, 0.2) is 24.3 Å². The van der Waals surface area contributed by atoms with E-state index in [0.29, 0.717) is 11.6 Å². The van der Waals surface area contributed by atoms with E-state index in [2.05, 4.69) is 5.32 Å². The number of esters is 1. The van der Waals surface area contributed by atoms with E-state index >= 15 is 0 Å². The molecular formula is C14H18ClNO3. The van der Waals surface area contributed by atoms with E-state index in [9.17, 15) is 9.59 Å². The lowest BCUT2D eigenvalue weighted by Crippen LogP contribution is -2.27. The Hall–Kier alpha value is -1.55. The lowest BCUT2D eigenvalue weighted by molar-refractivity contribution is -0.144. The molecule has 0 fully saturated rings. The van der Waals surface area contributed by atoms with Crippen LogP contribution in [-0.2, 0) is 14.3 Å². The fourth-order valence-electron chi connectivity index (χ4n) is 1.67. The number of nitrogens with one attached hydrogen (secondary N) is 1. The minimum Gasteiger partial charge on any atom is -0.466 e. The van der Waals surface area contributed by atoms with Crippen LogP contribution < -0.4 is 5.32 Å². The third-order valence-corrected chi connectivity index (χ3v) is 2.95. The predicted molar refractivity (Wildman–Crippen MR) is 73.9 cm³/mol. The van der Waals surface area contributed by atoms with Gasteiger partial charge in [-0.2, -0.15) is 0 Å². The van der Waals surface area contributed by atoms with Crippen molar-refractivity contribution in [1.29, 1.82) is 0 Å². The zero-order valence-electron chi connectivity index (χ0n) is 11.1. The van der Waals surface area contributed by atoms with E-state index in [0.717, 1.165) is 5.56 Å². The molecule has 0 aliphatic heterocycles. The van der Waals surface area contributed by atoms with Crippen LogP contribution in [0.3, 0.4) is 0 Å². The first-order chi connectivity index (χ1) is 9.04. The first-order valence-electron chi connectivity index (χ1n) is 6.24. The number of amides is 1. The van der Waals surface area contributed by atoms with Gasteiger partial charge in [0, 0.05) is 11.4 Å². The SMILES string of the molecule is CCOC(=O)CCC(=O)NC(C)c1ccccc1Cl. The summed E-state index contributed by atoms with van der Waals surface area (Å²) in [7, 11) is 0. The van der Waals surface area contributed by atoms with E-state index in [1.807, 2.05) is 25.1 Å². The molecule has 0 heterocycles. The number of carbonyl (C=O) groups excluding carboxylic acids is 2. The average Bonchev–Trinajstić information content (AvgIpc) is 2.37. The second-order valence-corrected chi connectivity index (χ2v) is 4.52. The molecule has 1 aromatic carbocycles. The molecule has 1 atom stereocenters. The summed E-state index contributed by atoms with van der Waals surface area (Å²) >= 11 is 6.05. The van der Waals surface area contributed by atoms with E-state index in [-0.39, 0.29) is 30.8 Å². The molecule has 0 aliphatic carbocycles. The molecule has 0 saturated carbocycles. The summed E-state index contributed by atoms with van der Waals surface area (Å²) in [5, 5.41) is 3.42. The Kier molecular flexibility index (Phi) is 6.36. The zero-order valence-corrected chi connectivity index (χ0v) is 11.9. The van der Waals surface area contributed by atoms with Gasteiger partial charge >= 0.3 is 5.97 Å². The van der Waals surface area contributed by atoms with Gasteiger partial charge in [0.15, 0.2) is 0 Å². The van der Waals surface area contributed by atoms with Crippen LogP contribution in [0.2, 0.25) is 5.02 Å². The summed E-state index contributed by atoms with van der Waals surface area (Å²) in [4.78, 5) is 22.8. The zero-order chi connectivity index (χ0) is 14.3. The molecule has 1 aromatic rings. The first-order valence-corrected chi connectivity index (χ1v) is 6.61. The smallest absolute Gasteiger partial charge is 0.306 e. The number of carbonyl (C=O) groups is 2. The molecule has 0 saturated heterocycles. The number of hydrogen-bond acceptors (Lipinski definition) is 3. The number of ether oxygens (including phenoxy) is 1. The van der Waals surface area contributed by atoms with Crippen LogP contribution in [-0.4, -0.2) is 18.5 Å². The van der Waals surface area contributed by atoms with Crippen molar-refractivity contribution in [2.24, 2.45) is 0 Å². The number of rotatable bonds is 6. The highest BCUT2D eigenvalue weighted by molar-refractivity contribution is 6.31. The Balaban J connectivity index is 2.44. The minimum absolute atomic E-state index is 0.0922. The first kappa shape index (κ1) is 15.5. The lowest BCUT2D eigenvalue weighted by atomic mass is 10.1. The van der Waals surface area contributed by atoms with Gasteiger partial charge < -0.3 is 10.1 Å². The van der Waals surface area contributed by atoms with E-state index in [1.54, 1.807) is 13.0 Å². The topological polar surface area (TPSA) is 55.4 Å². The van der Waals surface area contributed by atoms with Crippen molar-refractivity contribution in [1.82, 2.24) is 5.32 Å². The van der Waals surface area contributed by atoms with Gasteiger partial charge in [0.25, 0.3) is 0 Å². The molecule has 0 spiro atoms. The highest BCUT2D eigenvalue weighted by atomic mass is 35.5. The molecule has 104 valence electrons. The van der Waals surface area contributed by atoms with Crippen LogP contribution in [0.5, 0.6) is 0 Å². The molecule has 19 heavy (non-hydrogen) atoms. The Labute approximate surface area is 118 Å². The van der Waals surface area contributed by atoms with Gasteiger partial charge in [0.1, 0.15) is 0 Å². The maximum atomic E-state index is 11.7. The van der Waals surface area contributed by atoms with Gasteiger partial charge in [-0.15, -0.1) is 0 Å². The predicted octanol–water partition coefficient (Wildman–Crippen LogP) is 2.86. The molecule has 1 N–H and O–H groups in total. The van der Waals surface area contributed by atoms with Crippen molar-refractivity contribution in [2.45, 2.75) is 32.7 Å². The Morgan fingerprint density at radius 3 is 2.63 bits per heavy atom. The summed E-state index contributed by atoms with van der Waals surface area (Å²) < 4.78 is 4.76. The fourth-order valence-corrected chi connectivity index (χ4v) is 1.97. The summed E-state index contributed by atoms with van der Waals surface area (Å²) in [6.45, 7) is 3.91. The van der Waals surface area contributed by atoms with Crippen LogP contribution in [0, 0.1) is 0 Å². The fraction of sp³-hybridized carbons (Fsp3) is 0.429. The third-order valence-electron chi connectivity index (χ3n) is 2.61. The summed E-state index contributed by atoms with van der Waals surface area (Å²) in [6.07, 6.45) is 0.211. The molecule has 1 rings (SSSR count). The van der Waals surface area contributed by atoms with Gasteiger partial charge in [0.05, 0.1) is 19.1 Å². The quantitative estimate of drug-likeness (QED) is 0.817. The maximum absolute atomic E-state index is 11.7. The molecular weight excluding hydrogens is 266 g/mol. The van der Waals surface area contributed by atoms with Gasteiger partial charge in [-0.25, -0.2) is 0 Å². The van der Waals surface area contributed by atoms with Gasteiger partial charge in [-0.3, -0.25) is 9.59 Å². The van der Waals surface area contributed by atoms with Crippen LogP contribution in [0.1, 0.15) is 38.3 Å². The second-order valence-electron chi connectivity index (χ2n) is 4.12. The van der Waals surface area contributed by atoms with E-state index in [4.69, 9.17) is 16.3 Å². The molecule has 5 heteroatoms. The van der Waals surface area contributed by atoms with Gasteiger partial charge in [0.2, 0.25) is 5.91 Å². The number of halogens is 1. The van der Waals surface area contributed by atoms with Gasteiger partial charge in [-0.1, -0.05) is 29.8 Å². The average molecular weight is 284 g/mol. The molecule has 1 unspecified atom stereocenters. The molecule has 0 aromatic heterocycles. The highest BCUT2D eigenvalue weighted by Crippen LogP contribution is 2.22. The van der Waals surface area contributed by atoms with Crippen molar-refractivity contribution < 1.29 is 14.3 Å². The van der Waals surface area contributed by atoms with Crippen molar-refractivity contribution in [3.05, 3.63) is 34.9 Å². The van der Waals surface area contributed by atoms with E-state index < -0.39 is 0 Å². The monoisotopic (exact) mass is 283 g/mol. The molecule has 0 aliphatic rings. The largest absolute Gasteiger partial charge is 0.466 e. The van der Waals surface area contributed by atoms with Crippen molar-refractivity contribution in [3.8, 4) is 0 Å². The molecule has 1 amide bonds. The Morgan fingerprint density at radius 1 is 1.32 bits per heavy atom. The molecule has 0 radical (unpaired) electrons. The van der Waals surface area contributed by atoms with E-state index in [1.165, 1.54) is 0 Å². The molecule has 0 bridgehead atoms. The Morgan fingerprint density at radius 2 is 2.00 bits per heavy atom. The van der Waals surface area contributed by atoms with Crippen molar-refractivity contribution in [2.75, 3.05) is 6.61 Å². The van der Waals surface area contributed by atoms with Crippen molar-refractivity contribution >= 4 is 23.5 Å². The van der Waals surface area contributed by atoms with Crippen LogP contribution >= 0.6 is 11.6 Å². The van der Waals surface area contributed by atoms with Crippen molar-refractivity contribution in [3.63, 3.8) is 0 Å². The second kappa shape index (κ2) is 7.79. The Bertz CT molecular complexity index is 448. The third kappa shape index (κ3) is 5.30.